The van der Waals surface area contributed by atoms with Crippen LogP contribution in [0.5, 0.6) is 5.75 Å². The Kier molecular flexibility index (Phi) is 3.61. The van der Waals surface area contributed by atoms with Gasteiger partial charge in [0.15, 0.2) is 5.79 Å². The molecule has 0 radical (unpaired) electrons. The van der Waals surface area contributed by atoms with Crippen LogP contribution in [0.4, 0.5) is 0 Å². The van der Waals surface area contributed by atoms with Crippen molar-refractivity contribution in [3.63, 3.8) is 0 Å². The van der Waals surface area contributed by atoms with Gasteiger partial charge in [0.1, 0.15) is 5.75 Å². The average molecular weight is 251 g/mol. The maximum absolute atomic E-state index is 5.79. The second kappa shape index (κ2) is 4.88. The number of aryl methyl sites for hydroxylation is 2. The summed E-state index contributed by atoms with van der Waals surface area (Å²) in [6, 6.07) is 4.07. The van der Waals surface area contributed by atoms with Crippen LogP contribution in [0.25, 0.3) is 0 Å². The number of nitrogens with two attached hydrogens (primary N) is 1. The molecule has 18 heavy (non-hydrogen) atoms. The summed E-state index contributed by atoms with van der Waals surface area (Å²) in [5.41, 5.74) is 8.95. The van der Waals surface area contributed by atoms with Gasteiger partial charge in [0.05, 0.1) is 31.9 Å². The minimum atomic E-state index is -0.780. The number of rotatable bonds is 2. The topological polar surface area (TPSA) is 53.7 Å². The molecular weight excluding hydrogens is 230 g/mol. The molecule has 4 heteroatoms. The monoisotopic (exact) mass is 251 g/mol. The molecule has 0 atom stereocenters. The minimum absolute atomic E-state index is 0.0602. The van der Waals surface area contributed by atoms with Crippen LogP contribution in [-0.4, -0.2) is 26.4 Å². The molecule has 1 aliphatic heterocycles. The van der Waals surface area contributed by atoms with Gasteiger partial charge in [-0.25, -0.2) is 0 Å². The molecule has 2 N–H and O–H groups in total. The summed E-state index contributed by atoms with van der Waals surface area (Å²) in [6.45, 7) is 6.97. The lowest BCUT2D eigenvalue weighted by Crippen LogP contribution is -2.46. The summed E-state index contributed by atoms with van der Waals surface area (Å²) < 4.78 is 17.1. The number of benzene rings is 1. The average Bonchev–Trinajstić information content (AvgIpc) is 2.32. The summed E-state index contributed by atoms with van der Waals surface area (Å²) in [4.78, 5) is 0. The molecule has 2 rings (SSSR count). The Morgan fingerprint density at radius 2 is 1.89 bits per heavy atom. The van der Waals surface area contributed by atoms with Crippen LogP contribution in [0, 0.1) is 13.8 Å². The number of hydrogen-bond acceptors (Lipinski definition) is 4. The predicted molar refractivity (Wildman–Crippen MR) is 69.7 cm³/mol. The fourth-order valence-electron chi connectivity index (χ4n) is 2.34. The maximum atomic E-state index is 5.79. The van der Waals surface area contributed by atoms with E-state index in [2.05, 4.69) is 6.07 Å². The molecule has 100 valence electrons. The zero-order valence-electron chi connectivity index (χ0n) is 11.4. The molecule has 0 amide bonds. The largest absolute Gasteiger partial charge is 0.496 e. The normalized spacial score (nSPS) is 28.2. The Morgan fingerprint density at radius 1 is 1.28 bits per heavy atom. The van der Waals surface area contributed by atoms with Gasteiger partial charge in [-0.15, -0.1) is 0 Å². The second-order valence-electron chi connectivity index (χ2n) is 4.99. The molecule has 1 aliphatic rings. The smallest absolute Gasteiger partial charge is 0.195 e. The van der Waals surface area contributed by atoms with Gasteiger partial charge in [-0.05, 0) is 32.4 Å². The van der Waals surface area contributed by atoms with E-state index in [-0.39, 0.29) is 6.04 Å². The van der Waals surface area contributed by atoms with Gasteiger partial charge in [0.25, 0.3) is 0 Å². The van der Waals surface area contributed by atoms with Crippen LogP contribution in [-0.2, 0) is 15.3 Å². The first kappa shape index (κ1) is 13.3. The van der Waals surface area contributed by atoms with Gasteiger partial charge in [-0.1, -0.05) is 11.6 Å². The first-order valence-electron chi connectivity index (χ1n) is 6.15. The molecule has 1 saturated heterocycles. The fourth-order valence-corrected chi connectivity index (χ4v) is 2.34. The highest BCUT2D eigenvalue weighted by molar-refractivity contribution is 5.46. The van der Waals surface area contributed by atoms with Crippen molar-refractivity contribution in [1.82, 2.24) is 0 Å². The van der Waals surface area contributed by atoms with Gasteiger partial charge in [0.2, 0.25) is 0 Å². The number of methoxy groups -OCH3 is 1. The molecule has 1 fully saturated rings. The van der Waals surface area contributed by atoms with Gasteiger partial charge < -0.3 is 19.9 Å². The Labute approximate surface area is 108 Å². The van der Waals surface area contributed by atoms with Crippen molar-refractivity contribution in [2.24, 2.45) is 5.73 Å². The number of hydrogen-bond donors (Lipinski definition) is 1. The van der Waals surface area contributed by atoms with Crippen molar-refractivity contribution in [2.75, 3.05) is 20.3 Å². The molecule has 4 nitrogen and oxygen atoms in total. The highest BCUT2D eigenvalue weighted by Crippen LogP contribution is 2.38. The van der Waals surface area contributed by atoms with E-state index in [9.17, 15) is 0 Å². The van der Waals surface area contributed by atoms with E-state index >= 15 is 0 Å². The van der Waals surface area contributed by atoms with Crippen LogP contribution in [0.1, 0.15) is 23.6 Å². The van der Waals surface area contributed by atoms with Crippen LogP contribution >= 0.6 is 0 Å². The van der Waals surface area contributed by atoms with Crippen LogP contribution in [0.2, 0.25) is 0 Å². The first-order valence-corrected chi connectivity index (χ1v) is 6.15. The number of ether oxygens (including phenoxy) is 3. The Bertz CT molecular complexity index is 437. The Balaban J connectivity index is 2.43. The van der Waals surface area contributed by atoms with Crippen LogP contribution in [0.15, 0.2) is 12.1 Å². The van der Waals surface area contributed by atoms with E-state index in [0.717, 1.165) is 22.4 Å². The molecular formula is C14H21NO3. The van der Waals surface area contributed by atoms with Crippen LogP contribution in [0.3, 0.4) is 0 Å². The summed E-state index contributed by atoms with van der Waals surface area (Å²) >= 11 is 0. The SMILES string of the molecule is COc1c(C)cc(C)cc1C1(C)OCC(N)CO1. The van der Waals surface area contributed by atoms with E-state index in [1.54, 1.807) is 7.11 Å². The maximum Gasteiger partial charge on any atom is 0.195 e. The Morgan fingerprint density at radius 3 is 2.44 bits per heavy atom. The van der Waals surface area contributed by atoms with E-state index in [1.807, 2.05) is 26.8 Å². The molecule has 0 unspecified atom stereocenters. The lowest BCUT2D eigenvalue weighted by Gasteiger charge is -2.37. The Hall–Kier alpha value is -1.10. The molecule has 0 aliphatic carbocycles. The standard InChI is InChI=1S/C14H21NO3/c1-9-5-10(2)13(16-4)12(6-9)14(3)17-7-11(15)8-18-14/h5-6,11H,7-8,15H2,1-4H3. The van der Waals surface area contributed by atoms with Crippen molar-refractivity contribution < 1.29 is 14.2 Å². The molecule has 0 spiro atoms. The lowest BCUT2D eigenvalue weighted by molar-refractivity contribution is -0.270. The van der Waals surface area contributed by atoms with Crippen LogP contribution < -0.4 is 10.5 Å². The molecule has 1 aromatic carbocycles. The first-order chi connectivity index (χ1) is 8.46. The highest BCUT2D eigenvalue weighted by atomic mass is 16.7. The highest BCUT2D eigenvalue weighted by Gasteiger charge is 2.36. The van der Waals surface area contributed by atoms with Gasteiger partial charge in [-0.3, -0.25) is 0 Å². The van der Waals surface area contributed by atoms with Gasteiger partial charge in [-0.2, -0.15) is 0 Å². The molecule has 1 aromatic rings. The van der Waals surface area contributed by atoms with Gasteiger partial charge >= 0.3 is 0 Å². The quantitative estimate of drug-likeness (QED) is 0.871. The van der Waals surface area contributed by atoms with E-state index < -0.39 is 5.79 Å². The zero-order chi connectivity index (χ0) is 13.3. The second-order valence-corrected chi connectivity index (χ2v) is 4.99. The molecule has 0 saturated carbocycles. The summed E-state index contributed by atoms with van der Waals surface area (Å²) in [5, 5.41) is 0. The fraction of sp³-hybridized carbons (Fsp3) is 0.571. The third kappa shape index (κ3) is 2.36. The van der Waals surface area contributed by atoms with E-state index in [0.29, 0.717) is 13.2 Å². The van der Waals surface area contributed by atoms with Crippen molar-refractivity contribution in [1.29, 1.82) is 0 Å². The van der Waals surface area contributed by atoms with Crippen molar-refractivity contribution in [3.8, 4) is 5.75 Å². The lowest BCUT2D eigenvalue weighted by atomic mass is 9.99. The molecule has 1 heterocycles. The van der Waals surface area contributed by atoms with E-state index in [4.69, 9.17) is 19.9 Å². The van der Waals surface area contributed by atoms with Crippen molar-refractivity contribution in [3.05, 3.63) is 28.8 Å². The van der Waals surface area contributed by atoms with Gasteiger partial charge in [0, 0.05) is 0 Å². The summed E-state index contributed by atoms with van der Waals surface area (Å²) in [5.74, 6) is 0.0384. The summed E-state index contributed by atoms with van der Waals surface area (Å²) in [6.07, 6.45) is 0. The third-order valence-electron chi connectivity index (χ3n) is 3.26. The third-order valence-corrected chi connectivity index (χ3v) is 3.26. The minimum Gasteiger partial charge on any atom is -0.496 e. The zero-order valence-corrected chi connectivity index (χ0v) is 11.4. The van der Waals surface area contributed by atoms with Crippen molar-refractivity contribution >= 4 is 0 Å². The summed E-state index contributed by atoms with van der Waals surface area (Å²) in [7, 11) is 1.67. The molecule has 0 bridgehead atoms. The molecule has 0 aromatic heterocycles. The predicted octanol–water partition coefficient (Wildman–Crippen LogP) is 1.86. The van der Waals surface area contributed by atoms with E-state index in [1.165, 1.54) is 0 Å². The van der Waals surface area contributed by atoms with Crippen molar-refractivity contribution in [2.45, 2.75) is 32.6 Å².